The van der Waals surface area contributed by atoms with E-state index in [1.165, 1.54) is 13.2 Å². The van der Waals surface area contributed by atoms with E-state index < -0.39 is 5.97 Å². The molecule has 0 unspecified atom stereocenters. The Hall–Kier alpha value is -3.19. The standard InChI is InChI=1S/C21H22N2O5/c1-28-14-19(24)22-10-12-23(13-11-22)20(25)17-8-4-2-6-15(17)16-7-3-5-9-18(16)21(26)27/h2-9H,10-14H2,1H3,(H,26,27). The summed E-state index contributed by atoms with van der Waals surface area (Å²) in [5.74, 6) is -1.30. The van der Waals surface area contributed by atoms with Crippen LogP contribution >= 0.6 is 0 Å². The van der Waals surface area contributed by atoms with Crippen LogP contribution in [0.5, 0.6) is 0 Å². The van der Waals surface area contributed by atoms with E-state index in [0.29, 0.717) is 42.9 Å². The summed E-state index contributed by atoms with van der Waals surface area (Å²) in [4.78, 5) is 40.0. The van der Waals surface area contributed by atoms with Crippen LogP contribution < -0.4 is 0 Å². The molecule has 1 heterocycles. The molecule has 146 valence electrons. The highest BCUT2D eigenvalue weighted by Gasteiger charge is 2.26. The fourth-order valence-electron chi connectivity index (χ4n) is 3.35. The van der Waals surface area contributed by atoms with Crippen molar-refractivity contribution in [2.24, 2.45) is 0 Å². The van der Waals surface area contributed by atoms with Gasteiger partial charge >= 0.3 is 5.97 Å². The Labute approximate surface area is 163 Å². The van der Waals surface area contributed by atoms with Crippen LogP contribution in [-0.4, -0.2) is 72.6 Å². The van der Waals surface area contributed by atoms with Crippen molar-refractivity contribution >= 4 is 17.8 Å². The zero-order valence-electron chi connectivity index (χ0n) is 15.6. The molecule has 1 aliphatic rings. The van der Waals surface area contributed by atoms with Crippen molar-refractivity contribution in [2.45, 2.75) is 0 Å². The first-order chi connectivity index (χ1) is 13.5. The van der Waals surface area contributed by atoms with Crippen LogP contribution in [0.1, 0.15) is 20.7 Å². The van der Waals surface area contributed by atoms with Crippen molar-refractivity contribution in [1.29, 1.82) is 0 Å². The van der Waals surface area contributed by atoms with Crippen LogP contribution in [0, 0.1) is 0 Å². The second kappa shape index (κ2) is 8.67. The number of carbonyl (C=O) groups is 3. The lowest BCUT2D eigenvalue weighted by molar-refractivity contribution is -0.136. The number of hydrogen-bond acceptors (Lipinski definition) is 4. The van der Waals surface area contributed by atoms with Gasteiger partial charge in [0.1, 0.15) is 6.61 Å². The fraction of sp³-hybridized carbons (Fsp3) is 0.286. The number of nitrogens with zero attached hydrogens (tertiary/aromatic N) is 2. The predicted octanol–water partition coefficient (Wildman–Crippen LogP) is 1.98. The SMILES string of the molecule is COCC(=O)N1CCN(C(=O)c2ccccc2-c2ccccc2C(=O)O)CC1. The van der Waals surface area contributed by atoms with Gasteiger partial charge < -0.3 is 19.6 Å². The smallest absolute Gasteiger partial charge is 0.336 e. The number of amides is 2. The minimum absolute atomic E-state index is 0.0305. The third-order valence-corrected chi connectivity index (χ3v) is 4.79. The van der Waals surface area contributed by atoms with Gasteiger partial charge in [0.2, 0.25) is 5.91 Å². The maximum Gasteiger partial charge on any atom is 0.336 e. The Kier molecular flexibility index (Phi) is 6.06. The molecule has 0 saturated carbocycles. The Morgan fingerprint density at radius 2 is 1.36 bits per heavy atom. The second-order valence-corrected chi connectivity index (χ2v) is 6.50. The van der Waals surface area contributed by atoms with Crippen LogP contribution in [0.25, 0.3) is 11.1 Å². The summed E-state index contributed by atoms with van der Waals surface area (Å²) in [5, 5.41) is 9.49. The summed E-state index contributed by atoms with van der Waals surface area (Å²) in [5.41, 5.74) is 1.70. The summed E-state index contributed by atoms with van der Waals surface area (Å²) < 4.78 is 4.88. The quantitative estimate of drug-likeness (QED) is 0.855. The van der Waals surface area contributed by atoms with E-state index in [1.807, 2.05) is 0 Å². The first-order valence-electron chi connectivity index (χ1n) is 9.00. The van der Waals surface area contributed by atoms with Gasteiger partial charge in [0.25, 0.3) is 5.91 Å². The number of carbonyl (C=O) groups excluding carboxylic acids is 2. The molecule has 2 aromatic rings. The molecule has 0 radical (unpaired) electrons. The Bertz CT molecular complexity index is 888. The topological polar surface area (TPSA) is 87.2 Å². The molecule has 0 atom stereocenters. The van der Waals surface area contributed by atoms with Crippen molar-refractivity contribution in [2.75, 3.05) is 39.9 Å². The highest BCUT2D eigenvalue weighted by Crippen LogP contribution is 2.28. The molecule has 7 nitrogen and oxygen atoms in total. The molecule has 1 saturated heterocycles. The van der Waals surface area contributed by atoms with E-state index in [0.717, 1.165) is 0 Å². The summed E-state index contributed by atoms with van der Waals surface area (Å²) in [6.45, 7) is 1.76. The lowest BCUT2D eigenvalue weighted by Crippen LogP contribution is -2.51. The number of ether oxygens (including phenoxy) is 1. The van der Waals surface area contributed by atoms with Crippen LogP contribution in [0.3, 0.4) is 0 Å². The third-order valence-electron chi connectivity index (χ3n) is 4.79. The number of aromatic carboxylic acids is 1. The number of hydrogen-bond donors (Lipinski definition) is 1. The van der Waals surface area contributed by atoms with Gasteiger partial charge in [-0.05, 0) is 23.3 Å². The minimum atomic E-state index is -1.04. The summed E-state index contributed by atoms with van der Waals surface area (Å²) in [6.07, 6.45) is 0. The Morgan fingerprint density at radius 3 is 1.93 bits per heavy atom. The predicted molar refractivity (Wildman–Crippen MR) is 103 cm³/mol. The monoisotopic (exact) mass is 382 g/mol. The molecular formula is C21H22N2O5. The first-order valence-corrected chi connectivity index (χ1v) is 9.00. The zero-order chi connectivity index (χ0) is 20.1. The Balaban J connectivity index is 1.84. The number of piperazine rings is 1. The van der Waals surface area contributed by atoms with E-state index in [9.17, 15) is 19.5 Å². The van der Waals surface area contributed by atoms with Crippen molar-refractivity contribution in [3.05, 3.63) is 59.7 Å². The van der Waals surface area contributed by atoms with E-state index in [-0.39, 0.29) is 24.0 Å². The molecule has 0 bridgehead atoms. The van der Waals surface area contributed by atoms with Gasteiger partial charge in [-0.15, -0.1) is 0 Å². The number of benzene rings is 2. The number of rotatable bonds is 5. The largest absolute Gasteiger partial charge is 0.478 e. The van der Waals surface area contributed by atoms with Crippen LogP contribution in [0.2, 0.25) is 0 Å². The Morgan fingerprint density at radius 1 is 0.857 bits per heavy atom. The zero-order valence-corrected chi connectivity index (χ0v) is 15.6. The summed E-state index contributed by atoms with van der Waals surface area (Å²) >= 11 is 0. The average molecular weight is 382 g/mol. The molecule has 28 heavy (non-hydrogen) atoms. The molecule has 0 spiro atoms. The molecule has 2 aromatic carbocycles. The van der Waals surface area contributed by atoms with Crippen molar-refractivity contribution in [3.63, 3.8) is 0 Å². The van der Waals surface area contributed by atoms with Crippen LogP contribution in [0.4, 0.5) is 0 Å². The van der Waals surface area contributed by atoms with Gasteiger partial charge in [-0.2, -0.15) is 0 Å². The molecule has 1 N–H and O–H groups in total. The highest BCUT2D eigenvalue weighted by atomic mass is 16.5. The van der Waals surface area contributed by atoms with Gasteiger partial charge in [0.15, 0.2) is 0 Å². The van der Waals surface area contributed by atoms with Gasteiger partial charge in [-0.1, -0.05) is 36.4 Å². The van der Waals surface area contributed by atoms with Crippen molar-refractivity contribution in [3.8, 4) is 11.1 Å². The second-order valence-electron chi connectivity index (χ2n) is 6.50. The lowest BCUT2D eigenvalue weighted by atomic mass is 9.94. The average Bonchev–Trinajstić information content (AvgIpc) is 2.73. The molecule has 1 fully saturated rings. The number of methoxy groups -OCH3 is 1. The molecule has 1 aliphatic heterocycles. The van der Waals surface area contributed by atoms with Gasteiger partial charge in [0, 0.05) is 38.9 Å². The summed E-state index contributed by atoms with van der Waals surface area (Å²) in [6, 6.07) is 13.7. The van der Waals surface area contributed by atoms with E-state index in [4.69, 9.17) is 4.74 Å². The van der Waals surface area contributed by atoms with Crippen molar-refractivity contribution in [1.82, 2.24) is 9.80 Å². The number of carboxylic acids is 1. The highest BCUT2D eigenvalue weighted by molar-refractivity contribution is 6.04. The fourth-order valence-corrected chi connectivity index (χ4v) is 3.35. The van der Waals surface area contributed by atoms with Gasteiger partial charge in [-0.3, -0.25) is 9.59 Å². The third kappa shape index (κ3) is 4.04. The lowest BCUT2D eigenvalue weighted by Gasteiger charge is -2.35. The van der Waals surface area contributed by atoms with Gasteiger partial charge in [0.05, 0.1) is 5.56 Å². The summed E-state index contributed by atoms with van der Waals surface area (Å²) in [7, 11) is 1.48. The molecule has 3 rings (SSSR count). The maximum absolute atomic E-state index is 13.1. The van der Waals surface area contributed by atoms with Gasteiger partial charge in [-0.25, -0.2) is 4.79 Å². The van der Waals surface area contributed by atoms with E-state index >= 15 is 0 Å². The molecule has 0 aromatic heterocycles. The first kappa shape index (κ1) is 19.6. The molecule has 2 amide bonds. The molecule has 0 aliphatic carbocycles. The van der Waals surface area contributed by atoms with E-state index in [1.54, 1.807) is 52.3 Å². The maximum atomic E-state index is 13.1. The van der Waals surface area contributed by atoms with Crippen LogP contribution in [0.15, 0.2) is 48.5 Å². The molecule has 7 heteroatoms. The minimum Gasteiger partial charge on any atom is -0.478 e. The normalized spacial score (nSPS) is 14.0. The van der Waals surface area contributed by atoms with Crippen LogP contribution in [-0.2, 0) is 9.53 Å². The molecular weight excluding hydrogens is 360 g/mol. The number of carboxylic acid groups (broad SMARTS) is 1. The van der Waals surface area contributed by atoms with E-state index in [2.05, 4.69) is 0 Å². The van der Waals surface area contributed by atoms with Crippen molar-refractivity contribution < 1.29 is 24.2 Å².